The Morgan fingerprint density at radius 1 is 1.69 bits per heavy atom. The lowest BCUT2D eigenvalue weighted by Gasteiger charge is -2.03. The first-order valence-electron chi connectivity index (χ1n) is 3.54. The minimum atomic E-state index is -3.84. The number of rotatable bonds is 4. The summed E-state index contributed by atoms with van der Waals surface area (Å²) >= 11 is 0. The highest BCUT2D eigenvalue weighted by atomic mass is 35.7. The lowest BCUT2D eigenvalue weighted by molar-refractivity contribution is 0.0609. The van der Waals surface area contributed by atoms with Crippen LogP contribution in [0.2, 0.25) is 0 Å². The molecular weight excluding hydrogens is 218 g/mol. The van der Waals surface area contributed by atoms with Crippen LogP contribution in [0.25, 0.3) is 0 Å². The Balaban J connectivity index is 2.90. The minimum absolute atomic E-state index is 0.261. The second kappa shape index (κ2) is 3.93. The molecule has 13 heavy (non-hydrogen) atoms. The van der Waals surface area contributed by atoms with Gasteiger partial charge in [0.2, 0.25) is 5.03 Å². The van der Waals surface area contributed by atoms with E-state index in [9.17, 15) is 8.42 Å². The van der Waals surface area contributed by atoms with Crippen molar-refractivity contribution in [2.75, 3.05) is 6.61 Å². The van der Waals surface area contributed by atoms with Gasteiger partial charge in [-0.25, -0.2) is 8.42 Å². The molecule has 0 aromatic carbocycles. The Morgan fingerprint density at radius 2 is 2.38 bits per heavy atom. The van der Waals surface area contributed by atoms with E-state index in [2.05, 4.69) is 10.3 Å². The smallest absolute Gasteiger partial charge is 0.283 e. The van der Waals surface area contributed by atoms with Crippen molar-refractivity contribution in [3.05, 3.63) is 6.20 Å². The molecule has 74 valence electrons. The summed E-state index contributed by atoms with van der Waals surface area (Å²) in [6.07, 6.45) is 1.76. The largest absolute Gasteiger partial charge is 0.394 e. The minimum Gasteiger partial charge on any atom is -0.394 e. The van der Waals surface area contributed by atoms with Gasteiger partial charge in [0.15, 0.2) is 0 Å². The van der Waals surface area contributed by atoms with Gasteiger partial charge in [-0.3, -0.25) is 0 Å². The maximum atomic E-state index is 10.9. The summed E-state index contributed by atoms with van der Waals surface area (Å²) in [5.41, 5.74) is 0. The zero-order valence-corrected chi connectivity index (χ0v) is 8.42. The molecule has 0 radical (unpaired) electrons. The van der Waals surface area contributed by atoms with Crippen LogP contribution in [-0.4, -0.2) is 30.2 Å². The molecule has 0 N–H and O–H groups in total. The Morgan fingerprint density at radius 3 is 2.92 bits per heavy atom. The average molecular weight is 226 g/mol. The molecule has 0 spiro atoms. The fourth-order valence-electron chi connectivity index (χ4n) is 0.639. The Labute approximate surface area is 79.8 Å². The van der Waals surface area contributed by atoms with Crippen molar-refractivity contribution in [3.8, 4) is 0 Å². The van der Waals surface area contributed by atoms with Gasteiger partial charge in [0.05, 0.1) is 6.20 Å². The molecule has 0 bridgehead atoms. The van der Waals surface area contributed by atoms with E-state index in [4.69, 9.17) is 15.5 Å². The van der Waals surface area contributed by atoms with E-state index in [-0.39, 0.29) is 5.03 Å². The molecule has 0 aliphatic carbocycles. The van der Waals surface area contributed by atoms with Crippen molar-refractivity contribution in [2.24, 2.45) is 0 Å². The summed E-state index contributed by atoms with van der Waals surface area (Å²) < 4.78 is 21.7. The normalized spacial score (nSPS) is 11.5. The lowest BCUT2D eigenvalue weighted by atomic mass is 10.5. The van der Waals surface area contributed by atoms with Crippen LogP contribution in [0.4, 0.5) is 0 Å². The molecule has 6 nitrogen and oxygen atoms in total. The zero-order chi connectivity index (χ0) is 9.90. The predicted octanol–water partition coefficient (Wildman–Crippen LogP) is 0.0442. The van der Waals surface area contributed by atoms with Crippen LogP contribution < -0.4 is 4.84 Å². The number of hydrogen-bond donors (Lipinski definition) is 0. The first-order chi connectivity index (χ1) is 6.05. The highest BCUT2D eigenvalue weighted by Crippen LogP contribution is 2.10. The molecule has 0 aliphatic heterocycles. The first kappa shape index (κ1) is 10.3. The van der Waals surface area contributed by atoms with Crippen LogP contribution in [0.5, 0.6) is 0 Å². The topological polar surface area (TPSA) is 74.1 Å². The summed E-state index contributed by atoms with van der Waals surface area (Å²) in [4.78, 5) is 5.73. The van der Waals surface area contributed by atoms with Gasteiger partial charge < -0.3 is 4.84 Å². The van der Waals surface area contributed by atoms with Gasteiger partial charge in [0.1, 0.15) is 6.61 Å². The maximum Gasteiger partial charge on any atom is 0.283 e. The van der Waals surface area contributed by atoms with Crippen LogP contribution in [0, 0.1) is 0 Å². The summed E-state index contributed by atoms with van der Waals surface area (Å²) in [7, 11) is 1.24. The van der Waals surface area contributed by atoms with E-state index in [1.807, 2.05) is 6.92 Å². The van der Waals surface area contributed by atoms with Crippen LogP contribution in [0.3, 0.4) is 0 Å². The summed E-state index contributed by atoms with van der Waals surface area (Å²) in [5, 5.41) is 6.51. The Bertz CT molecular complexity index is 374. The highest BCUT2D eigenvalue weighted by Gasteiger charge is 2.18. The summed E-state index contributed by atoms with van der Waals surface area (Å²) in [5.74, 6) is 0. The molecule has 8 heteroatoms. The third-order valence-corrected chi connectivity index (χ3v) is 2.39. The SMILES string of the molecule is CCCOn1nncc1S(=O)(=O)Cl. The standard InChI is InChI=1S/C5H8ClN3O3S/c1-2-3-12-9-5(4-7-8-9)13(6,10)11/h4H,2-3H2,1H3. The number of nitrogens with zero attached hydrogens (tertiary/aromatic N) is 3. The molecule has 1 aromatic heterocycles. The number of hydrogen-bond acceptors (Lipinski definition) is 5. The second-order valence-corrected chi connectivity index (χ2v) is 4.73. The van der Waals surface area contributed by atoms with Crippen LogP contribution in [0.1, 0.15) is 13.3 Å². The van der Waals surface area contributed by atoms with E-state index >= 15 is 0 Å². The summed E-state index contributed by atoms with van der Waals surface area (Å²) in [6.45, 7) is 2.23. The maximum absolute atomic E-state index is 10.9. The average Bonchev–Trinajstić information content (AvgIpc) is 2.47. The van der Waals surface area contributed by atoms with Crippen molar-refractivity contribution in [1.29, 1.82) is 0 Å². The molecule has 0 atom stereocenters. The molecule has 0 unspecified atom stereocenters. The van der Waals surface area contributed by atoms with Gasteiger partial charge in [-0.1, -0.05) is 11.8 Å². The molecular formula is C5H8ClN3O3S. The van der Waals surface area contributed by atoms with Gasteiger partial charge in [-0.15, -0.1) is 5.10 Å². The third-order valence-electron chi connectivity index (χ3n) is 1.16. The van der Waals surface area contributed by atoms with E-state index in [0.717, 1.165) is 17.5 Å². The Hall–Kier alpha value is -0.820. The van der Waals surface area contributed by atoms with Gasteiger partial charge in [0, 0.05) is 10.7 Å². The summed E-state index contributed by atoms with van der Waals surface area (Å²) in [6, 6.07) is 0. The molecule has 0 aliphatic rings. The number of aromatic nitrogens is 3. The molecule has 0 saturated heterocycles. The van der Waals surface area contributed by atoms with Crippen molar-refractivity contribution in [2.45, 2.75) is 18.4 Å². The third kappa shape index (κ3) is 2.56. The Kier molecular flexibility index (Phi) is 3.10. The van der Waals surface area contributed by atoms with E-state index in [1.165, 1.54) is 0 Å². The molecule has 0 fully saturated rings. The van der Waals surface area contributed by atoms with Gasteiger partial charge >= 0.3 is 0 Å². The van der Waals surface area contributed by atoms with E-state index < -0.39 is 9.05 Å². The van der Waals surface area contributed by atoms with Crippen molar-refractivity contribution in [1.82, 2.24) is 15.2 Å². The quantitative estimate of drug-likeness (QED) is 0.677. The molecule has 0 saturated carbocycles. The highest BCUT2D eigenvalue weighted by molar-refractivity contribution is 8.13. The van der Waals surface area contributed by atoms with Crippen LogP contribution in [-0.2, 0) is 9.05 Å². The van der Waals surface area contributed by atoms with Gasteiger partial charge in [-0.05, 0) is 11.6 Å². The van der Waals surface area contributed by atoms with E-state index in [1.54, 1.807) is 0 Å². The fraction of sp³-hybridized carbons (Fsp3) is 0.600. The van der Waals surface area contributed by atoms with Crippen molar-refractivity contribution in [3.63, 3.8) is 0 Å². The molecule has 1 heterocycles. The van der Waals surface area contributed by atoms with Crippen molar-refractivity contribution >= 4 is 19.7 Å². The van der Waals surface area contributed by atoms with Crippen LogP contribution >= 0.6 is 10.7 Å². The monoisotopic (exact) mass is 225 g/mol. The number of halogens is 1. The van der Waals surface area contributed by atoms with Gasteiger partial charge in [0.25, 0.3) is 9.05 Å². The van der Waals surface area contributed by atoms with Crippen LogP contribution in [0.15, 0.2) is 11.2 Å². The van der Waals surface area contributed by atoms with Crippen molar-refractivity contribution < 1.29 is 13.3 Å². The predicted molar refractivity (Wildman–Crippen MR) is 44.8 cm³/mol. The zero-order valence-electron chi connectivity index (χ0n) is 6.84. The lowest BCUT2D eigenvalue weighted by Crippen LogP contribution is -2.17. The molecule has 1 aromatic rings. The first-order valence-corrected chi connectivity index (χ1v) is 5.85. The second-order valence-electron chi connectivity index (χ2n) is 2.22. The fourth-order valence-corrected chi connectivity index (χ4v) is 1.38. The molecule has 1 rings (SSSR count). The van der Waals surface area contributed by atoms with Gasteiger partial charge in [-0.2, -0.15) is 0 Å². The molecule has 0 amide bonds. The van der Waals surface area contributed by atoms with E-state index in [0.29, 0.717) is 6.61 Å².